The molecule has 0 bridgehead atoms. The molecule has 0 saturated heterocycles. The van der Waals surface area contributed by atoms with E-state index in [1.54, 1.807) is 7.11 Å². The molecule has 1 aromatic rings. The third-order valence-corrected chi connectivity index (χ3v) is 3.19. The average Bonchev–Trinajstić information content (AvgIpc) is 2.41. The van der Waals surface area contributed by atoms with Gasteiger partial charge in [-0.3, -0.25) is 4.90 Å². The van der Waals surface area contributed by atoms with Crippen molar-refractivity contribution in [3.05, 3.63) is 35.4 Å². The molecule has 1 unspecified atom stereocenters. The standard InChI is InChI=1S/C15H26N2O2/c1-4-19-9-8-17(2)15(11-16)14-7-5-6-13(10-14)12-18-3/h5-7,10,15H,4,8-9,11-12,16H2,1-3H3. The van der Waals surface area contributed by atoms with Crippen molar-refractivity contribution in [1.82, 2.24) is 4.90 Å². The Morgan fingerprint density at radius 3 is 2.79 bits per heavy atom. The second-order valence-electron chi connectivity index (χ2n) is 4.61. The minimum Gasteiger partial charge on any atom is -0.380 e. The zero-order chi connectivity index (χ0) is 14.1. The maximum Gasteiger partial charge on any atom is 0.0713 e. The zero-order valence-electron chi connectivity index (χ0n) is 12.3. The van der Waals surface area contributed by atoms with E-state index in [1.165, 1.54) is 11.1 Å². The Balaban J connectivity index is 2.69. The van der Waals surface area contributed by atoms with E-state index in [0.29, 0.717) is 13.2 Å². The van der Waals surface area contributed by atoms with Crippen LogP contribution in [0.25, 0.3) is 0 Å². The van der Waals surface area contributed by atoms with E-state index < -0.39 is 0 Å². The number of rotatable bonds is 9. The van der Waals surface area contributed by atoms with Gasteiger partial charge in [0.1, 0.15) is 0 Å². The highest BCUT2D eigenvalue weighted by Gasteiger charge is 2.15. The van der Waals surface area contributed by atoms with E-state index in [9.17, 15) is 0 Å². The van der Waals surface area contributed by atoms with Crippen LogP contribution in [0.2, 0.25) is 0 Å². The van der Waals surface area contributed by atoms with Crippen LogP contribution in [0.3, 0.4) is 0 Å². The van der Waals surface area contributed by atoms with Gasteiger partial charge in [0, 0.05) is 32.8 Å². The van der Waals surface area contributed by atoms with Crippen LogP contribution in [0.4, 0.5) is 0 Å². The molecule has 1 aromatic carbocycles. The van der Waals surface area contributed by atoms with Crippen LogP contribution >= 0.6 is 0 Å². The Morgan fingerprint density at radius 1 is 1.37 bits per heavy atom. The lowest BCUT2D eigenvalue weighted by molar-refractivity contribution is 0.108. The van der Waals surface area contributed by atoms with Crippen LogP contribution in [0.5, 0.6) is 0 Å². The van der Waals surface area contributed by atoms with E-state index in [-0.39, 0.29) is 6.04 Å². The van der Waals surface area contributed by atoms with Gasteiger partial charge < -0.3 is 15.2 Å². The van der Waals surface area contributed by atoms with Crippen molar-refractivity contribution < 1.29 is 9.47 Å². The number of nitrogens with two attached hydrogens (primary N) is 1. The summed E-state index contributed by atoms with van der Waals surface area (Å²) in [5, 5.41) is 0. The minimum absolute atomic E-state index is 0.220. The fourth-order valence-electron chi connectivity index (χ4n) is 2.14. The van der Waals surface area contributed by atoms with E-state index in [0.717, 1.165) is 19.8 Å². The van der Waals surface area contributed by atoms with E-state index in [4.69, 9.17) is 15.2 Å². The number of benzene rings is 1. The highest BCUT2D eigenvalue weighted by Crippen LogP contribution is 2.19. The molecule has 4 nitrogen and oxygen atoms in total. The van der Waals surface area contributed by atoms with Gasteiger partial charge in [-0.1, -0.05) is 24.3 Å². The van der Waals surface area contributed by atoms with Crippen molar-refractivity contribution in [2.45, 2.75) is 19.6 Å². The van der Waals surface area contributed by atoms with Crippen molar-refractivity contribution in [3.63, 3.8) is 0 Å². The molecule has 0 aliphatic heterocycles. The first kappa shape index (κ1) is 16.1. The third-order valence-electron chi connectivity index (χ3n) is 3.19. The summed E-state index contributed by atoms with van der Waals surface area (Å²) in [5.74, 6) is 0. The molecule has 0 aliphatic rings. The fraction of sp³-hybridized carbons (Fsp3) is 0.600. The van der Waals surface area contributed by atoms with Gasteiger partial charge in [-0.25, -0.2) is 0 Å². The second kappa shape index (κ2) is 9.04. The van der Waals surface area contributed by atoms with Gasteiger partial charge in [0.05, 0.1) is 13.2 Å². The molecule has 0 spiro atoms. The normalized spacial score (nSPS) is 12.9. The van der Waals surface area contributed by atoms with Crippen LogP contribution in [-0.2, 0) is 16.1 Å². The molecule has 0 radical (unpaired) electrons. The number of likely N-dealkylation sites (N-methyl/N-ethyl adjacent to an activating group) is 1. The van der Waals surface area contributed by atoms with Crippen molar-refractivity contribution >= 4 is 0 Å². The molecule has 108 valence electrons. The fourth-order valence-corrected chi connectivity index (χ4v) is 2.14. The molecule has 1 rings (SSSR count). The Bertz CT molecular complexity index is 358. The third kappa shape index (κ3) is 5.28. The Morgan fingerprint density at radius 2 is 2.16 bits per heavy atom. The van der Waals surface area contributed by atoms with Crippen molar-refractivity contribution in [3.8, 4) is 0 Å². The predicted octanol–water partition coefficient (Wildman–Crippen LogP) is 1.80. The molecular weight excluding hydrogens is 240 g/mol. The molecule has 0 saturated carbocycles. The van der Waals surface area contributed by atoms with Crippen LogP contribution in [0, 0.1) is 0 Å². The first-order valence-electron chi connectivity index (χ1n) is 6.78. The molecule has 0 aromatic heterocycles. The Kier molecular flexibility index (Phi) is 7.67. The van der Waals surface area contributed by atoms with Gasteiger partial charge in [0.25, 0.3) is 0 Å². The molecule has 2 N–H and O–H groups in total. The van der Waals surface area contributed by atoms with Crippen LogP contribution in [0.15, 0.2) is 24.3 Å². The van der Waals surface area contributed by atoms with E-state index in [1.807, 2.05) is 6.92 Å². The molecule has 0 fully saturated rings. The van der Waals surface area contributed by atoms with E-state index in [2.05, 4.69) is 36.2 Å². The summed E-state index contributed by atoms with van der Waals surface area (Å²) in [6.45, 7) is 5.61. The van der Waals surface area contributed by atoms with Gasteiger partial charge in [-0.15, -0.1) is 0 Å². The quantitative estimate of drug-likeness (QED) is 0.692. The summed E-state index contributed by atoms with van der Waals surface area (Å²) in [5.41, 5.74) is 8.33. The number of methoxy groups -OCH3 is 1. The van der Waals surface area contributed by atoms with Crippen LogP contribution in [0.1, 0.15) is 24.1 Å². The van der Waals surface area contributed by atoms with Crippen LogP contribution < -0.4 is 5.73 Å². The Labute approximate surface area is 116 Å². The highest BCUT2D eigenvalue weighted by molar-refractivity contribution is 5.26. The minimum atomic E-state index is 0.220. The lowest BCUT2D eigenvalue weighted by Gasteiger charge is -2.27. The molecule has 1 atom stereocenters. The predicted molar refractivity (Wildman–Crippen MR) is 78.1 cm³/mol. The molecule has 19 heavy (non-hydrogen) atoms. The van der Waals surface area contributed by atoms with Crippen molar-refractivity contribution in [2.24, 2.45) is 5.73 Å². The SMILES string of the molecule is CCOCCN(C)C(CN)c1cccc(COC)c1. The first-order valence-corrected chi connectivity index (χ1v) is 6.78. The Hall–Kier alpha value is -0.940. The summed E-state index contributed by atoms with van der Waals surface area (Å²) >= 11 is 0. The summed E-state index contributed by atoms with van der Waals surface area (Å²) in [4.78, 5) is 2.24. The maximum absolute atomic E-state index is 5.92. The largest absolute Gasteiger partial charge is 0.380 e. The summed E-state index contributed by atoms with van der Waals surface area (Å²) in [6.07, 6.45) is 0. The molecular formula is C15H26N2O2. The van der Waals surface area contributed by atoms with Crippen molar-refractivity contribution in [2.75, 3.05) is 40.5 Å². The summed E-state index contributed by atoms with van der Waals surface area (Å²) in [7, 11) is 3.79. The summed E-state index contributed by atoms with van der Waals surface area (Å²) < 4.78 is 10.6. The number of hydrogen-bond acceptors (Lipinski definition) is 4. The molecule has 0 amide bonds. The van der Waals surface area contributed by atoms with Gasteiger partial charge in [-0.05, 0) is 25.1 Å². The molecule has 0 aliphatic carbocycles. The highest BCUT2D eigenvalue weighted by atomic mass is 16.5. The number of nitrogens with zero attached hydrogens (tertiary/aromatic N) is 1. The van der Waals surface area contributed by atoms with Gasteiger partial charge in [-0.2, -0.15) is 0 Å². The van der Waals surface area contributed by atoms with E-state index >= 15 is 0 Å². The monoisotopic (exact) mass is 266 g/mol. The van der Waals surface area contributed by atoms with Crippen LogP contribution in [-0.4, -0.2) is 45.4 Å². The lowest BCUT2D eigenvalue weighted by atomic mass is 10.0. The van der Waals surface area contributed by atoms with Gasteiger partial charge in [0.2, 0.25) is 0 Å². The zero-order valence-corrected chi connectivity index (χ0v) is 12.3. The summed E-state index contributed by atoms with van der Waals surface area (Å²) in [6, 6.07) is 8.63. The maximum atomic E-state index is 5.92. The smallest absolute Gasteiger partial charge is 0.0713 e. The van der Waals surface area contributed by atoms with Crippen molar-refractivity contribution in [1.29, 1.82) is 0 Å². The first-order chi connectivity index (χ1) is 9.22. The molecule has 4 heteroatoms. The number of hydrogen-bond donors (Lipinski definition) is 1. The lowest BCUT2D eigenvalue weighted by Crippen LogP contribution is -2.33. The van der Waals surface area contributed by atoms with Gasteiger partial charge in [0.15, 0.2) is 0 Å². The van der Waals surface area contributed by atoms with Gasteiger partial charge >= 0.3 is 0 Å². The number of ether oxygens (including phenoxy) is 2. The second-order valence-corrected chi connectivity index (χ2v) is 4.61. The topological polar surface area (TPSA) is 47.7 Å². The average molecular weight is 266 g/mol. The molecule has 0 heterocycles.